The molecule has 3 nitrogen and oxygen atoms in total. The van der Waals surface area contributed by atoms with Crippen LogP contribution >= 0.6 is 19.9 Å². The van der Waals surface area contributed by atoms with Gasteiger partial charge in [-0.1, -0.05) is 4.57 Å². The largest absolute Gasteiger partial charge is 2.00 e. The Kier molecular flexibility index (Phi) is 31.2. The SMILES string of the molecule is O=[P+]([O-])[O-].[CH2-]CCl.[Cu+2]. The first-order valence-electron chi connectivity index (χ1n) is 1.31. The molecule has 0 aromatic carbocycles. The molecule has 0 atom stereocenters. The summed E-state index contributed by atoms with van der Waals surface area (Å²) in [5, 5.41) is 0. The van der Waals surface area contributed by atoms with Crippen LogP contribution in [0.25, 0.3) is 0 Å². The van der Waals surface area contributed by atoms with Crippen LogP contribution in [0.5, 0.6) is 0 Å². The summed E-state index contributed by atoms with van der Waals surface area (Å²) >= 11 is 4.89. The van der Waals surface area contributed by atoms with Gasteiger partial charge in [-0.05, 0) is 0 Å². The smallest absolute Gasteiger partial charge is 0.598 e. The number of alkyl halides is 1. The number of halogens is 1. The van der Waals surface area contributed by atoms with Gasteiger partial charge in [0.25, 0.3) is 8.25 Å². The maximum atomic E-state index is 8.48. The molecule has 0 saturated heterocycles. The van der Waals surface area contributed by atoms with E-state index in [0.29, 0.717) is 5.88 Å². The van der Waals surface area contributed by atoms with Crippen molar-refractivity contribution in [3.05, 3.63) is 6.92 Å². The number of hydrogen-bond acceptors (Lipinski definition) is 3. The van der Waals surface area contributed by atoms with Crippen molar-refractivity contribution in [2.75, 3.05) is 5.88 Å². The molecule has 0 heterocycles. The number of hydrogen-bond donors (Lipinski definition) is 0. The third-order valence-corrected chi connectivity index (χ3v) is 0. The van der Waals surface area contributed by atoms with Crippen molar-refractivity contribution in [3.8, 4) is 0 Å². The van der Waals surface area contributed by atoms with Gasteiger partial charge in [-0.25, -0.2) is 0 Å². The molecule has 6 heteroatoms. The van der Waals surface area contributed by atoms with Gasteiger partial charge in [0.2, 0.25) is 0 Å². The molecule has 0 spiro atoms. The standard InChI is InChI=1S/C2H4Cl.Cu.HO3P/c1-2-3;;1-4(2)3/h1-2H2;;(H,1,2,3)/q-1;+2;/p-1. The maximum Gasteiger partial charge on any atom is 2.00 e. The quantitative estimate of drug-likeness (QED) is 0.230. The van der Waals surface area contributed by atoms with Gasteiger partial charge < -0.3 is 16.7 Å². The molecule has 0 fully saturated rings. The summed E-state index contributed by atoms with van der Waals surface area (Å²) in [7, 11) is -3.37. The van der Waals surface area contributed by atoms with Crippen molar-refractivity contribution in [2.45, 2.75) is 0 Å². The first-order valence-corrected chi connectivity index (χ1v) is 2.94. The molecule has 0 saturated carbocycles. The molecular formula is C2H4ClCuO3P. The minimum absolute atomic E-state index is 0. The summed E-state index contributed by atoms with van der Waals surface area (Å²) in [5.74, 6) is 0.472. The first-order chi connectivity index (χ1) is 3.15. The van der Waals surface area contributed by atoms with E-state index >= 15 is 0 Å². The Hall–Kier alpha value is 0.829. The Labute approximate surface area is 64.5 Å². The fraction of sp³-hybridized carbons (Fsp3) is 0.500. The zero-order chi connectivity index (χ0) is 6.28. The van der Waals surface area contributed by atoms with Gasteiger partial charge in [-0.3, -0.25) is 0 Å². The van der Waals surface area contributed by atoms with Gasteiger partial charge in [0.05, 0.1) is 0 Å². The van der Waals surface area contributed by atoms with Crippen LogP contribution in [-0.4, -0.2) is 5.88 Å². The fourth-order valence-corrected chi connectivity index (χ4v) is 0. The Morgan fingerprint density at radius 3 is 1.62 bits per heavy atom. The summed E-state index contributed by atoms with van der Waals surface area (Å²) in [4.78, 5) is 17.0. The topological polar surface area (TPSA) is 63.2 Å². The average Bonchev–Trinajstić information content (AvgIpc) is 1.33. The van der Waals surface area contributed by atoms with E-state index in [1.54, 1.807) is 0 Å². The van der Waals surface area contributed by atoms with Crippen LogP contribution in [0.2, 0.25) is 0 Å². The second-order valence-electron chi connectivity index (χ2n) is 0.413. The molecule has 0 aromatic heterocycles. The van der Waals surface area contributed by atoms with E-state index in [4.69, 9.17) is 26.0 Å². The van der Waals surface area contributed by atoms with Gasteiger partial charge in [-0.15, -0.1) is 5.88 Å². The molecule has 8 heavy (non-hydrogen) atoms. The Morgan fingerprint density at radius 2 is 1.62 bits per heavy atom. The summed E-state index contributed by atoms with van der Waals surface area (Å²) < 4.78 is 8.48. The Bertz CT molecular complexity index is 48.5. The van der Waals surface area contributed by atoms with Crippen LogP contribution in [0.3, 0.4) is 0 Å². The van der Waals surface area contributed by atoms with Crippen molar-refractivity contribution < 1.29 is 31.4 Å². The predicted octanol–water partition coefficient (Wildman–Crippen LogP) is -0.579. The first kappa shape index (κ1) is 15.9. The maximum absolute atomic E-state index is 8.48. The summed E-state index contributed by atoms with van der Waals surface area (Å²) in [6.45, 7) is 3.25. The third-order valence-electron chi connectivity index (χ3n) is 0. The molecule has 0 unspecified atom stereocenters. The molecule has 0 aromatic rings. The van der Waals surface area contributed by atoms with E-state index < -0.39 is 8.25 Å². The molecule has 0 rings (SSSR count). The van der Waals surface area contributed by atoms with Crippen LogP contribution in [0.1, 0.15) is 0 Å². The monoisotopic (exact) mass is 205 g/mol. The fourth-order valence-electron chi connectivity index (χ4n) is 0. The van der Waals surface area contributed by atoms with Gasteiger partial charge in [0.15, 0.2) is 0 Å². The Balaban J connectivity index is -0.0000000575. The van der Waals surface area contributed by atoms with Crippen LogP contribution in [0, 0.1) is 6.92 Å². The third kappa shape index (κ3) is 337. The molecular weight excluding hydrogens is 202 g/mol. The second kappa shape index (κ2) is 15.7. The van der Waals surface area contributed by atoms with Gasteiger partial charge in [-0.2, -0.15) is 11.6 Å². The van der Waals surface area contributed by atoms with Gasteiger partial charge >= 0.3 is 17.1 Å². The van der Waals surface area contributed by atoms with Crippen molar-refractivity contribution in [2.24, 2.45) is 0 Å². The summed E-state index contributed by atoms with van der Waals surface area (Å²) in [5.41, 5.74) is 0. The molecule has 0 bridgehead atoms. The zero-order valence-electron chi connectivity index (χ0n) is 3.77. The predicted molar refractivity (Wildman–Crippen MR) is 23.7 cm³/mol. The van der Waals surface area contributed by atoms with E-state index in [-0.39, 0.29) is 17.1 Å². The molecule has 0 aliphatic rings. The molecule has 0 amide bonds. The van der Waals surface area contributed by atoms with Crippen LogP contribution < -0.4 is 9.79 Å². The Morgan fingerprint density at radius 1 is 1.62 bits per heavy atom. The van der Waals surface area contributed by atoms with Crippen LogP contribution in [0.4, 0.5) is 0 Å². The summed E-state index contributed by atoms with van der Waals surface area (Å²) in [6.07, 6.45) is 0. The second-order valence-corrected chi connectivity index (χ2v) is 1.24. The molecule has 0 N–H and O–H groups in total. The normalized spacial score (nSPS) is 5.50. The van der Waals surface area contributed by atoms with Crippen molar-refractivity contribution >= 4 is 19.9 Å². The minimum Gasteiger partial charge on any atom is -0.598 e. The molecule has 53 valence electrons. The molecule has 1 radical (unpaired) electrons. The van der Waals surface area contributed by atoms with Crippen LogP contribution in [0.15, 0.2) is 0 Å². The van der Waals surface area contributed by atoms with E-state index in [0.717, 1.165) is 0 Å². The molecule has 0 aliphatic carbocycles. The summed E-state index contributed by atoms with van der Waals surface area (Å²) in [6, 6.07) is 0. The zero-order valence-corrected chi connectivity index (χ0v) is 6.36. The van der Waals surface area contributed by atoms with E-state index in [1.165, 1.54) is 0 Å². The van der Waals surface area contributed by atoms with E-state index in [9.17, 15) is 0 Å². The van der Waals surface area contributed by atoms with E-state index in [2.05, 4.69) is 6.92 Å². The van der Waals surface area contributed by atoms with Crippen LogP contribution in [-0.2, 0) is 21.6 Å². The average molecular weight is 206 g/mol. The van der Waals surface area contributed by atoms with Gasteiger partial charge in [0.1, 0.15) is 0 Å². The minimum atomic E-state index is -3.37. The van der Waals surface area contributed by atoms with Crippen molar-refractivity contribution in [1.29, 1.82) is 0 Å². The number of rotatable bonds is 0. The van der Waals surface area contributed by atoms with Crippen molar-refractivity contribution in [1.82, 2.24) is 0 Å². The van der Waals surface area contributed by atoms with Gasteiger partial charge in [0, 0.05) is 0 Å². The molecule has 0 aliphatic heterocycles. The van der Waals surface area contributed by atoms with E-state index in [1.807, 2.05) is 0 Å². The van der Waals surface area contributed by atoms with Crippen molar-refractivity contribution in [3.63, 3.8) is 0 Å².